The van der Waals surface area contributed by atoms with Gasteiger partial charge in [-0.05, 0) is 66.7 Å². The molecule has 3 heterocycles. The number of allylic oxidation sites excluding steroid dienone is 2. The highest BCUT2D eigenvalue weighted by molar-refractivity contribution is 7.03. The van der Waals surface area contributed by atoms with Gasteiger partial charge in [-0.15, -0.1) is 5.10 Å². The van der Waals surface area contributed by atoms with Crippen LogP contribution in [-0.2, 0) is 16.1 Å². The maximum absolute atomic E-state index is 14.2. The van der Waals surface area contributed by atoms with Crippen molar-refractivity contribution in [1.82, 2.24) is 25.1 Å². The van der Waals surface area contributed by atoms with Crippen LogP contribution in [0.15, 0.2) is 71.0 Å². The van der Waals surface area contributed by atoms with E-state index in [-0.39, 0.29) is 11.7 Å². The Kier molecular flexibility index (Phi) is 9.32. The molecule has 12 heteroatoms. The first kappa shape index (κ1) is 30.7. The Morgan fingerprint density at radius 1 is 1.14 bits per heavy atom. The molecule has 1 aromatic heterocycles. The van der Waals surface area contributed by atoms with Gasteiger partial charge in [-0.2, -0.15) is 0 Å². The molecule has 230 valence electrons. The number of likely N-dealkylation sites (tertiary alicyclic amines) is 1. The molecule has 0 radical (unpaired) electrons. The van der Waals surface area contributed by atoms with Crippen molar-refractivity contribution >= 4 is 46.7 Å². The lowest BCUT2D eigenvalue weighted by molar-refractivity contribution is -0.122. The molecule has 2 aromatic carbocycles. The molecule has 1 aliphatic carbocycles. The van der Waals surface area contributed by atoms with Crippen molar-refractivity contribution in [2.24, 2.45) is 0 Å². The zero-order valence-electron chi connectivity index (χ0n) is 24.0. The number of alkyl carbamates (subject to hydrolysis) is 1. The highest BCUT2D eigenvalue weighted by atomic mass is 35.5. The van der Waals surface area contributed by atoms with E-state index >= 15 is 0 Å². The third kappa shape index (κ3) is 6.83. The molecule has 8 nitrogen and oxygen atoms in total. The van der Waals surface area contributed by atoms with Gasteiger partial charge in [0, 0.05) is 61.1 Å². The summed E-state index contributed by atoms with van der Waals surface area (Å²) in [5.74, 6) is -0.669. The number of hydrogen-bond acceptors (Lipinski definition) is 7. The number of amides is 2. The van der Waals surface area contributed by atoms with Gasteiger partial charge in [0.1, 0.15) is 17.1 Å². The van der Waals surface area contributed by atoms with E-state index in [2.05, 4.69) is 25.1 Å². The zero-order chi connectivity index (χ0) is 30.7. The van der Waals surface area contributed by atoms with Crippen molar-refractivity contribution in [1.29, 1.82) is 0 Å². The highest BCUT2D eigenvalue weighted by Gasteiger charge is 2.46. The van der Waals surface area contributed by atoms with Crippen LogP contribution in [0.5, 0.6) is 0 Å². The summed E-state index contributed by atoms with van der Waals surface area (Å²) in [5, 5.41) is 12.7. The second kappa shape index (κ2) is 13.4. The maximum Gasteiger partial charge on any atom is 0.412 e. The first-order valence-corrected chi connectivity index (χ1v) is 16.3. The molecule has 44 heavy (non-hydrogen) atoms. The number of nitrogens with zero attached hydrogens (tertiary/aromatic N) is 3. The number of ether oxygens (including phenoxy) is 1. The van der Waals surface area contributed by atoms with Crippen molar-refractivity contribution < 1.29 is 18.7 Å². The van der Waals surface area contributed by atoms with E-state index in [4.69, 9.17) is 27.9 Å². The molecule has 3 aliphatic rings. The van der Waals surface area contributed by atoms with Crippen LogP contribution in [0.3, 0.4) is 0 Å². The van der Waals surface area contributed by atoms with Gasteiger partial charge in [0.2, 0.25) is 5.91 Å². The van der Waals surface area contributed by atoms with Gasteiger partial charge in [-0.25, -0.2) is 9.18 Å². The first-order valence-electron chi connectivity index (χ1n) is 14.7. The largest absolute Gasteiger partial charge is 0.438 e. The van der Waals surface area contributed by atoms with E-state index in [1.165, 1.54) is 11.5 Å². The van der Waals surface area contributed by atoms with Crippen molar-refractivity contribution in [3.63, 3.8) is 0 Å². The Labute approximate surface area is 269 Å². The summed E-state index contributed by atoms with van der Waals surface area (Å²) in [6.07, 6.45) is 4.43. The van der Waals surface area contributed by atoms with Gasteiger partial charge in [0.15, 0.2) is 0 Å². The minimum atomic E-state index is -0.788. The first-order chi connectivity index (χ1) is 21.3. The molecule has 1 spiro atoms. The molecule has 0 bridgehead atoms. The SMILES string of the molecule is O=C1NC2=C(C=C(F)CC2)C2(CCN(CCCC(C(=O)NCc3ccc(-c4csnn4)cc3)c3ccc(Cl)c(Cl)c3)CC2)O1. The molecule has 1 saturated heterocycles. The standard InChI is InChI=1S/C32H32Cl2FN5O3S/c33-26-9-7-22(16-27(26)34)24(30(41)36-18-20-3-5-21(6-4-20)29-19-44-39-38-29)2-1-13-40-14-11-32(12-15-40)25-17-23(35)8-10-28(25)37-31(42)43-32/h3-7,9,16-17,19,24H,1-2,8,10-15,18H2,(H,36,41)(H,37,42). The summed E-state index contributed by atoms with van der Waals surface area (Å²) in [5.41, 5.74) is 4.35. The summed E-state index contributed by atoms with van der Waals surface area (Å²) in [6.45, 7) is 2.57. The Bertz CT molecular complexity index is 1590. The van der Waals surface area contributed by atoms with E-state index < -0.39 is 17.6 Å². The van der Waals surface area contributed by atoms with Gasteiger partial charge < -0.3 is 15.0 Å². The maximum atomic E-state index is 14.2. The lowest BCUT2D eigenvalue weighted by Crippen LogP contribution is -2.53. The van der Waals surface area contributed by atoms with Crippen molar-refractivity contribution in [2.45, 2.75) is 56.6 Å². The van der Waals surface area contributed by atoms with E-state index in [0.717, 1.165) is 46.6 Å². The molecule has 1 atom stereocenters. The summed E-state index contributed by atoms with van der Waals surface area (Å²) >= 11 is 13.8. The van der Waals surface area contributed by atoms with Crippen molar-refractivity contribution in [2.75, 3.05) is 19.6 Å². The smallest absolute Gasteiger partial charge is 0.412 e. The Hall–Kier alpha value is -3.31. The van der Waals surface area contributed by atoms with Crippen LogP contribution in [0.2, 0.25) is 10.0 Å². The van der Waals surface area contributed by atoms with Gasteiger partial charge in [-0.1, -0.05) is 58.0 Å². The fourth-order valence-electron chi connectivity index (χ4n) is 6.22. The summed E-state index contributed by atoms with van der Waals surface area (Å²) < 4.78 is 23.9. The minimum Gasteiger partial charge on any atom is -0.438 e. The molecular weight excluding hydrogens is 624 g/mol. The van der Waals surface area contributed by atoms with E-state index in [1.807, 2.05) is 35.7 Å². The average molecular weight is 657 g/mol. The number of aromatic nitrogens is 2. The van der Waals surface area contributed by atoms with Gasteiger partial charge in [0.25, 0.3) is 0 Å². The Balaban J connectivity index is 1.07. The zero-order valence-corrected chi connectivity index (χ0v) is 26.3. The molecule has 1 unspecified atom stereocenters. The fraction of sp³-hybridized carbons (Fsp3) is 0.375. The number of fused-ring (bicyclic) bond motifs is 1. The van der Waals surface area contributed by atoms with E-state index in [0.29, 0.717) is 61.8 Å². The van der Waals surface area contributed by atoms with E-state index in [1.54, 1.807) is 18.2 Å². The van der Waals surface area contributed by atoms with Crippen LogP contribution in [-0.4, -0.2) is 51.7 Å². The summed E-state index contributed by atoms with van der Waals surface area (Å²) in [7, 11) is 0. The third-order valence-corrected chi connectivity index (χ3v) is 9.89. The van der Waals surface area contributed by atoms with Crippen LogP contribution >= 0.6 is 34.7 Å². The number of halogens is 3. The van der Waals surface area contributed by atoms with Crippen LogP contribution in [0.25, 0.3) is 11.3 Å². The van der Waals surface area contributed by atoms with Crippen molar-refractivity contribution in [3.05, 3.63) is 92.2 Å². The van der Waals surface area contributed by atoms with Gasteiger partial charge in [0.05, 0.1) is 16.0 Å². The Morgan fingerprint density at radius 3 is 2.66 bits per heavy atom. The second-order valence-corrected chi connectivity index (χ2v) is 12.8. The molecule has 1 fully saturated rings. The topological polar surface area (TPSA) is 96.5 Å². The minimum absolute atomic E-state index is 0.0824. The normalized spacial score (nSPS) is 18.7. The van der Waals surface area contributed by atoms with Gasteiger partial charge in [-0.3, -0.25) is 10.1 Å². The molecule has 6 rings (SSSR count). The molecular formula is C32H32Cl2FN5O3S. The van der Waals surface area contributed by atoms with Crippen LogP contribution in [0.4, 0.5) is 9.18 Å². The predicted molar refractivity (Wildman–Crippen MR) is 169 cm³/mol. The lowest BCUT2D eigenvalue weighted by Gasteiger charge is -2.45. The second-order valence-electron chi connectivity index (χ2n) is 11.4. The molecule has 2 aliphatic heterocycles. The highest BCUT2D eigenvalue weighted by Crippen LogP contribution is 2.42. The lowest BCUT2D eigenvalue weighted by atomic mass is 9.79. The van der Waals surface area contributed by atoms with Crippen LogP contribution in [0, 0.1) is 0 Å². The molecule has 0 saturated carbocycles. The predicted octanol–water partition coefficient (Wildman–Crippen LogP) is 7.17. The van der Waals surface area contributed by atoms with Crippen LogP contribution in [0.1, 0.15) is 55.6 Å². The fourth-order valence-corrected chi connectivity index (χ4v) is 6.99. The number of benzene rings is 2. The average Bonchev–Trinajstić information content (AvgIpc) is 3.57. The number of nitrogens with one attached hydrogen (secondary N) is 2. The van der Waals surface area contributed by atoms with Crippen LogP contribution < -0.4 is 10.6 Å². The number of carbonyl (C=O) groups is 2. The number of carbonyl (C=O) groups excluding carboxylic acids is 2. The molecule has 2 N–H and O–H groups in total. The molecule has 3 aromatic rings. The van der Waals surface area contributed by atoms with E-state index in [9.17, 15) is 14.0 Å². The van der Waals surface area contributed by atoms with Crippen molar-refractivity contribution in [3.8, 4) is 11.3 Å². The number of rotatable bonds is 9. The molecule has 2 amide bonds. The number of hydrogen-bond donors (Lipinski definition) is 2. The number of piperidine rings is 1. The monoisotopic (exact) mass is 655 g/mol. The summed E-state index contributed by atoms with van der Waals surface area (Å²) in [6, 6.07) is 13.2. The quantitative estimate of drug-likeness (QED) is 0.254. The third-order valence-electron chi connectivity index (χ3n) is 8.64. The van der Waals surface area contributed by atoms with Gasteiger partial charge >= 0.3 is 6.09 Å². The summed E-state index contributed by atoms with van der Waals surface area (Å²) in [4.78, 5) is 28.1. The Morgan fingerprint density at radius 2 is 1.93 bits per heavy atom.